The van der Waals surface area contributed by atoms with E-state index in [2.05, 4.69) is 41.0 Å². The zero-order chi connectivity index (χ0) is 18.4. The standard InChI is InChI=1S/C23H29N3O/c1-2-24-12-5-13-25(15-14-24)20-10-11-21-22-18(20)8-4-9-19(22)23(27)26(21)16-17-6-3-7-17/h4,8-11,17H,2-3,5-7,12-16H2,1H3. The predicted octanol–water partition coefficient (Wildman–Crippen LogP) is 4.13. The molecule has 0 spiro atoms. The van der Waals surface area contributed by atoms with E-state index in [1.165, 1.54) is 48.7 Å². The number of carbonyl (C=O) groups excluding carboxylic acids is 1. The van der Waals surface area contributed by atoms with Gasteiger partial charge in [0.05, 0.1) is 5.69 Å². The van der Waals surface area contributed by atoms with Gasteiger partial charge in [0.2, 0.25) is 0 Å². The third kappa shape index (κ3) is 2.82. The predicted molar refractivity (Wildman–Crippen MR) is 112 cm³/mol. The second-order valence-corrected chi connectivity index (χ2v) is 8.32. The van der Waals surface area contributed by atoms with E-state index in [0.717, 1.165) is 44.0 Å². The van der Waals surface area contributed by atoms with Gasteiger partial charge in [-0.05, 0) is 56.5 Å². The molecule has 0 N–H and O–H groups in total. The van der Waals surface area contributed by atoms with Crippen LogP contribution in [0.25, 0.3) is 10.8 Å². The summed E-state index contributed by atoms with van der Waals surface area (Å²) >= 11 is 0. The summed E-state index contributed by atoms with van der Waals surface area (Å²) in [4.78, 5) is 20.2. The zero-order valence-electron chi connectivity index (χ0n) is 16.3. The van der Waals surface area contributed by atoms with Crippen LogP contribution in [0.3, 0.4) is 0 Å². The van der Waals surface area contributed by atoms with Gasteiger partial charge in [-0.2, -0.15) is 0 Å². The van der Waals surface area contributed by atoms with E-state index in [1.54, 1.807) is 0 Å². The van der Waals surface area contributed by atoms with Gasteiger partial charge in [0.15, 0.2) is 0 Å². The summed E-state index contributed by atoms with van der Waals surface area (Å²) in [6.45, 7) is 8.71. The lowest BCUT2D eigenvalue weighted by Crippen LogP contribution is -2.34. The van der Waals surface area contributed by atoms with Crippen molar-refractivity contribution in [1.29, 1.82) is 0 Å². The molecule has 3 aliphatic rings. The molecule has 0 atom stereocenters. The molecule has 0 aromatic heterocycles. The Hall–Kier alpha value is -2.07. The lowest BCUT2D eigenvalue weighted by molar-refractivity contribution is 0.0984. The minimum absolute atomic E-state index is 0.202. The Morgan fingerprint density at radius 1 is 0.963 bits per heavy atom. The van der Waals surface area contributed by atoms with Crippen molar-refractivity contribution < 1.29 is 4.79 Å². The van der Waals surface area contributed by atoms with Gasteiger partial charge in [0, 0.05) is 48.2 Å². The Bertz CT molecular complexity index is 873. The third-order valence-electron chi connectivity index (χ3n) is 6.80. The molecule has 1 aliphatic carbocycles. The molecule has 0 bridgehead atoms. The molecular weight excluding hydrogens is 334 g/mol. The van der Waals surface area contributed by atoms with Crippen molar-refractivity contribution in [1.82, 2.24) is 4.90 Å². The number of rotatable bonds is 4. The number of anilines is 2. The number of hydrogen-bond donors (Lipinski definition) is 0. The van der Waals surface area contributed by atoms with Crippen molar-refractivity contribution in [2.45, 2.75) is 32.6 Å². The van der Waals surface area contributed by atoms with Gasteiger partial charge in [0.1, 0.15) is 0 Å². The van der Waals surface area contributed by atoms with Crippen LogP contribution in [0.15, 0.2) is 30.3 Å². The van der Waals surface area contributed by atoms with E-state index in [9.17, 15) is 4.79 Å². The van der Waals surface area contributed by atoms with Crippen LogP contribution in [0.2, 0.25) is 0 Å². The Balaban J connectivity index is 1.52. The quantitative estimate of drug-likeness (QED) is 0.817. The molecule has 1 saturated carbocycles. The number of likely N-dealkylation sites (N-methyl/N-ethyl adjacent to an activating group) is 1. The third-order valence-corrected chi connectivity index (χ3v) is 6.80. The van der Waals surface area contributed by atoms with Gasteiger partial charge in [0.25, 0.3) is 5.91 Å². The van der Waals surface area contributed by atoms with Crippen LogP contribution >= 0.6 is 0 Å². The normalized spacial score (nSPS) is 21.0. The maximum atomic E-state index is 13.1. The fraction of sp³-hybridized carbons (Fsp3) is 0.522. The van der Waals surface area contributed by atoms with Crippen molar-refractivity contribution >= 4 is 28.1 Å². The smallest absolute Gasteiger partial charge is 0.259 e. The maximum Gasteiger partial charge on any atom is 0.259 e. The summed E-state index contributed by atoms with van der Waals surface area (Å²) in [5, 5.41) is 2.43. The highest BCUT2D eigenvalue weighted by molar-refractivity contribution is 6.26. The van der Waals surface area contributed by atoms with Crippen LogP contribution in [0.4, 0.5) is 11.4 Å². The molecule has 27 heavy (non-hydrogen) atoms. The van der Waals surface area contributed by atoms with Gasteiger partial charge in [-0.25, -0.2) is 0 Å². The van der Waals surface area contributed by atoms with Crippen LogP contribution < -0.4 is 9.80 Å². The molecule has 4 heteroatoms. The van der Waals surface area contributed by atoms with E-state index in [-0.39, 0.29) is 5.91 Å². The van der Waals surface area contributed by atoms with E-state index < -0.39 is 0 Å². The zero-order valence-corrected chi connectivity index (χ0v) is 16.3. The molecule has 2 aliphatic heterocycles. The molecule has 142 valence electrons. The first kappa shape index (κ1) is 17.1. The first-order chi connectivity index (χ1) is 13.3. The molecule has 0 radical (unpaired) electrons. The van der Waals surface area contributed by atoms with Gasteiger partial charge in [-0.15, -0.1) is 0 Å². The van der Waals surface area contributed by atoms with Gasteiger partial charge in [-0.3, -0.25) is 4.79 Å². The van der Waals surface area contributed by atoms with E-state index in [4.69, 9.17) is 0 Å². The average Bonchev–Trinajstić information content (AvgIpc) is 2.82. The summed E-state index contributed by atoms with van der Waals surface area (Å²) in [6.07, 6.45) is 5.05. The van der Waals surface area contributed by atoms with Crippen LogP contribution in [0.1, 0.15) is 43.0 Å². The first-order valence-electron chi connectivity index (χ1n) is 10.6. The fourth-order valence-corrected chi connectivity index (χ4v) is 4.95. The summed E-state index contributed by atoms with van der Waals surface area (Å²) < 4.78 is 0. The second kappa shape index (κ2) is 6.83. The first-order valence-corrected chi connectivity index (χ1v) is 10.6. The van der Waals surface area contributed by atoms with Gasteiger partial charge in [-0.1, -0.05) is 25.5 Å². The topological polar surface area (TPSA) is 26.8 Å². The van der Waals surface area contributed by atoms with Crippen LogP contribution in [0, 0.1) is 5.92 Å². The Labute approximate surface area is 161 Å². The van der Waals surface area contributed by atoms with Crippen LogP contribution in [0.5, 0.6) is 0 Å². The van der Waals surface area contributed by atoms with Crippen molar-refractivity contribution in [3.8, 4) is 0 Å². The van der Waals surface area contributed by atoms with Crippen LogP contribution in [-0.4, -0.2) is 50.1 Å². The average molecular weight is 364 g/mol. The highest BCUT2D eigenvalue weighted by Crippen LogP contribution is 2.43. The summed E-state index contributed by atoms with van der Waals surface area (Å²) in [6, 6.07) is 10.7. The molecule has 1 saturated heterocycles. The number of amides is 1. The molecule has 2 aromatic rings. The lowest BCUT2D eigenvalue weighted by Gasteiger charge is -2.31. The Morgan fingerprint density at radius 2 is 1.81 bits per heavy atom. The van der Waals surface area contributed by atoms with E-state index in [1.807, 2.05) is 11.0 Å². The van der Waals surface area contributed by atoms with Gasteiger partial charge >= 0.3 is 0 Å². The molecule has 4 nitrogen and oxygen atoms in total. The summed E-state index contributed by atoms with van der Waals surface area (Å²) in [5.41, 5.74) is 3.33. The molecule has 1 amide bonds. The molecule has 2 aromatic carbocycles. The van der Waals surface area contributed by atoms with Crippen LogP contribution in [-0.2, 0) is 0 Å². The summed E-state index contributed by atoms with van der Waals surface area (Å²) in [5.74, 6) is 0.885. The molecule has 5 rings (SSSR count). The molecule has 0 unspecified atom stereocenters. The summed E-state index contributed by atoms with van der Waals surface area (Å²) in [7, 11) is 0. The molecule has 2 heterocycles. The number of nitrogens with zero attached hydrogens (tertiary/aromatic N) is 3. The number of hydrogen-bond acceptors (Lipinski definition) is 3. The van der Waals surface area contributed by atoms with Gasteiger partial charge < -0.3 is 14.7 Å². The Morgan fingerprint density at radius 3 is 2.59 bits per heavy atom. The van der Waals surface area contributed by atoms with Crippen molar-refractivity contribution in [2.75, 3.05) is 49.1 Å². The minimum atomic E-state index is 0.202. The van der Waals surface area contributed by atoms with E-state index in [0.29, 0.717) is 5.92 Å². The highest BCUT2D eigenvalue weighted by atomic mass is 16.2. The Kier molecular flexibility index (Phi) is 4.31. The minimum Gasteiger partial charge on any atom is -0.370 e. The van der Waals surface area contributed by atoms with E-state index >= 15 is 0 Å². The van der Waals surface area contributed by atoms with Crippen molar-refractivity contribution in [3.63, 3.8) is 0 Å². The molecular formula is C23H29N3O. The largest absolute Gasteiger partial charge is 0.370 e. The lowest BCUT2D eigenvalue weighted by atomic mass is 9.85. The SMILES string of the molecule is CCN1CCCN(c2ccc3c4c(cccc24)C(=O)N3CC2CCC2)CC1. The van der Waals surface area contributed by atoms with Crippen molar-refractivity contribution in [2.24, 2.45) is 5.92 Å². The number of benzene rings is 2. The molecule has 2 fully saturated rings. The number of carbonyl (C=O) groups is 1. The van der Waals surface area contributed by atoms with Crippen molar-refractivity contribution in [3.05, 3.63) is 35.9 Å². The highest BCUT2D eigenvalue weighted by Gasteiger charge is 2.33. The maximum absolute atomic E-state index is 13.1. The monoisotopic (exact) mass is 363 g/mol. The fourth-order valence-electron chi connectivity index (χ4n) is 4.95. The second-order valence-electron chi connectivity index (χ2n) is 8.32.